The molecule has 0 atom stereocenters. The van der Waals surface area contributed by atoms with Gasteiger partial charge in [-0.15, -0.1) is 0 Å². The van der Waals surface area contributed by atoms with Crippen molar-refractivity contribution in [3.8, 4) is 16.9 Å². The van der Waals surface area contributed by atoms with Gasteiger partial charge in [0, 0.05) is 74.0 Å². The summed E-state index contributed by atoms with van der Waals surface area (Å²) in [6.45, 7) is 6.57. The molecule has 5 heterocycles. The average molecular weight is 492 g/mol. The number of pyridine rings is 1. The molecule has 2 saturated heterocycles. The highest BCUT2D eigenvalue weighted by Crippen LogP contribution is 2.33. The smallest absolute Gasteiger partial charge is 0.249 e. The fourth-order valence-corrected chi connectivity index (χ4v) is 5.53. The number of H-pyrrole nitrogens is 1. The third-order valence-corrected chi connectivity index (χ3v) is 7.63. The molecule has 2 aliphatic rings. The van der Waals surface area contributed by atoms with Crippen LogP contribution in [0.1, 0.15) is 12.8 Å². The Balaban J connectivity index is 1.27. The standard InChI is InChI=1S/C26H30FN7O2/c1-31-7-9-33(10-8-31)17-3-5-32(6-4-17)18-14-28-26-21(15-29-34(26)16-18)19-12-25(35)30-23-13-22(27)24(36-2)11-20(19)23/h11-17H,3-10H2,1-2H3,(H,30,35). The van der Waals surface area contributed by atoms with Gasteiger partial charge in [0.25, 0.3) is 0 Å². The Morgan fingerprint density at radius 2 is 1.81 bits per heavy atom. The number of piperazine rings is 1. The number of halogens is 1. The van der Waals surface area contributed by atoms with Gasteiger partial charge in [0.05, 0.1) is 36.9 Å². The first-order valence-corrected chi connectivity index (χ1v) is 12.4. The number of anilines is 1. The van der Waals surface area contributed by atoms with E-state index >= 15 is 0 Å². The molecule has 2 fully saturated rings. The molecule has 10 heteroatoms. The number of aromatic nitrogens is 4. The Hall–Kier alpha value is -3.50. The first-order chi connectivity index (χ1) is 17.5. The summed E-state index contributed by atoms with van der Waals surface area (Å²) in [5, 5.41) is 5.21. The van der Waals surface area contributed by atoms with Crippen molar-refractivity contribution in [1.82, 2.24) is 29.4 Å². The van der Waals surface area contributed by atoms with Crippen LogP contribution in [0.15, 0.2) is 41.6 Å². The number of aromatic amines is 1. The van der Waals surface area contributed by atoms with Gasteiger partial charge in [-0.1, -0.05) is 0 Å². The van der Waals surface area contributed by atoms with Gasteiger partial charge in [-0.3, -0.25) is 9.69 Å². The lowest BCUT2D eigenvalue weighted by Crippen LogP contribution is -2.52. The molecule has 2 aliphatic heterocycles. The van der Waals surface area contributed by atoms with Crippen molar-refractivity contribution in [3.05, 3.63) is 53.0 Å². The van der Waals surface area contributed by atoms with E-state index in [-0.39, 0.29) is 11.3 Å². The van der Waals surface area contributed by atoms with Crippen LogP contribution in [-0.4, -0.2) is 88.8 Å². The summed E-state index contributed by atoms with van der Waals surface area (Å²) in [4.78, 5) is 27.2. The molecule has 6 rings (SSSR count). The molecule has 0 radical (unpaired) electrons. The molecule has 4 aromatic rings. The van der Waals surface area contributed by atoms with E-state index in [1.54, 1.807) is 16.8 Å². The summed E-state index contributed by atoms with van der Waals surface area (Å²) in [6.07, 6.45) is 7.87. The van der Waals surface area contributed by atoms with Crippen molar-refractivity contribution in [1.29, 1.82) is 0 Å². The maximum atomic E-state index is 14.3. The molecule has 3 aromatic heterocycles. The van der Waals surface area contributed by atoms with E-state index in [1.165, 1.54) is 19.2 Å². The highest BCUT2D eigenvalue weighted by molar-refractivity contribution is 5.98. The number of hydrogen-bond acceptors (Lipinski definition) is 7. The lowest BCUT2D eigenvalue weighted by Gasteiger charge is -2.42. The highest BCUT2D eigenvalue weighted by Gasteiger charge is 2.27. The van der Waals surface area contributed by atoms with Gasteiger partial charge >= 0.3 is 0 Å². The van der Waals surface area contributed by atoms with E-state index in [1.807, 2.05) is 12.4 Å². The van der Waals surface area contributed by atoms with Gasteiger partial charge in [0.15, 0.2) is 17.2 Å². The van der Waals surface area contributed by atoms with Crippen molar-refractivity contribution >= 4 is 22.2 Å². The van der Waals surface area contributed by atoms with Gasteiger partial charge in [-0.05, 0) is 26.0 Å². The Labute approximate surface area is 208 Å². The van der Waals surface area contributed by atoms with Crippen molar-refractivity contribution in [2.75, 3.05) is 58.3 Å². The van der Waals surface area contributed by atoms with Gasteiger partial charge in [-0.25, -0.2) is 13.9 Å². The molecule has 36 heavy (non-hydrogen) atoms. The lowest BCUT2D eigenvalue weighted by atomic mass is 10.0. The second kappa shape index (κ2) is 9.18. The zero-order valence-electron chi connectivity index (χ0n) is 20.6. The van der Waals surface area contributed by atoms with Crippen LogP contribution in [0, 0.1) is 5.82 Å². The van der Waals surface area contributed by atoms with Crippen molar-refractivity contribution in [3.63, 3.8) is 0 Å². The Morgan fingerprint density at radius 1 is 1.03 bits per heavy atom. The quantitative estimate of drug-likeness (QED) is 0.470. The monoisotopic (exact) mass is 491 g/mol. The SMILES string of the molecule is COc1cc2c(-c3cnn4cc(N5CCC(N6CCN(C)CC6)CC5)cnc34)cc(=O)[nH]c2cc1F. The van der Waals surface area contributed by atoms with Crippen molar-refractivity contribution < 1.29 is 9.13 Å². The summed E-state index contributed by atoms with van der Waals surface area (Å²) in [6, 6.07) is 5.02. The predicted molar refractivity (Wildman–Crippen MR) is 137 cm³/mol. The van der Waals surface area contributed by atoms with E-state index < -0.39 is 5.82 Å². The fraction of sp³-hybridized carbons (Fsp3) is 0.423. The normalized spacial score (nSPS) is 18.4. The van der Waals surface area contributed by atoms with Gasteiger partial charge in [0.2, 0.25) is 5.56 Å². The number of fused-ring (bicyclic) bond motifs is 2. The first-order valence-electron chi connectivity index (χ1n) is 12.4. The third-order valence-electron chi connectivity index (χ3n) is 7.63. The van der Waals surface area contributed by atoms with E-state index in [9.17, 15) is 9.18 Å². The number of nitrogens with one attached hydrogen (secondary N) is 1. The van der Waals surface area contributed by atoms with Crippen LogP contribution >= 0.6 is 0 Å². The van der Waals surface area contributed by atoms with Crippen molar-refractivity contribution in [2.45, 2.75) is 18.9 Å². The molecule has 0 saturated carbocycles. The number of rotatable bonds is 4. The number of ether oxygens (including phenoxy) is 1. The summed E-state index contributed by atoms with van der Waals surface area (Å²) in [5.74, 6) is -0.417. The molecule has 0 amide bonds. The molecule has 0 bridgehead atoms. The maximum Gasteiger partial charge on any atom is 0.249 e. The zero-order valence-corrected chi connectivity index (χ0v) is 20.6. The Kier molecular flexibility index (Phi) is 5.85. The predicted octanol–water partition coefficient (Wildman–Crippen LogP) is 2.60. The van der Waals surface area contributed by atoms with Crippen LogP contribution in [0.3, 0.4) is 0 Å². The minimum atomic E-state index is -0.531. The minimum Gasteiger partial charge on any atom is -0.494 e. The van der Waals surface area contributed by atoms with Gasteiger partial charge < -0.3 is 19.5 Å². The number of methoxy groups -OCH3 is 1. The number of likely N-dealkylation sites (N-methyl/N-ethyl adjacent to an activating group) is 1. The fourth-order valence-electron chi connectivity index (χ4n) is 5.53. The topological polar surface area (TPSA) is 82.0 Å². The molecular weight excluding hydrogens is 461 g/mol. The summed E-state index contributed by atoms with van der Waals surface area (Å²) < 4.78 is 21.2. The average Bonchev–Trinajstić information content (AvgIpc) is 3.31. The largest absolute Gasteiger partial charge is 0.494 e. The van der Waals surface area contributed by atoms with E-state index in [0.717, 1.165) is 57.8 Å². The van der Waals surface area contributed by atoms with Crippen LogP contribution in [-0.2, 0) is 0 Å². The maximum absolute atomic E-state index is 14.3. The van der Waals surface area contributed by atoms with E-state index in [2.05, 4.69) is 31.8 Å². The van der Waals surface area contributed by atoms with Crippen molar-refractivity contribution in [2.24, 2.45) is 0 Å². The van der Waals surface area contributed by atoms with Crippen LogP contribution < -0.4 is 15.2 Å². The minimum absolute atomic E-state index is 0.113. The first kappa shape index (κ1) is 22.9. The van der Waals surface area contributed by atoms with E-state index in [4.69, 9.17) is 9.72 Å². The molecule has 188 valence electrons. The summed E-state index contributed by atoms with van der Waals surface area (Å²) >= 11 is 0. The second-order valence-electron chi connectivity index (χ2n) is 9.78. The Bertz CT molecular complexity index is 1470. The molecule has 9 nitrogen and oxygen atoms in total. The summed E-state index contributed by atoms with van der Waals surface area (Å²) in [7, 11) is 3.61. The molecule has 0 spiro atoms. The van der Waals surface area contributed by atoms with Gasteiger partial charge in [0.1, 0.15) is 0 Å². The molecule has 0 aliphatic carbocycles. The van der Waals surface area contributed by atoms with Crippen LogP contribution in [0.4, 0.5) is 10.1 Å². The molecule has 1 aromatic carbocycles. The molecular formula is C26H30FN7O2. The number of piperidine rings is 1. The zero-order chi connectivity index (χ0) is 24.8. The van der Waals surface area contributed by atoms with Crippen LogP contribution in [0.5, 0.6) is 5.75 Å². The van der Waals surface area contributed by atoms with Crippen LogP contribution in [0.2, 0.25) is 0 Å². The molecule has 0 unspecified atom stereocenters. The second-order valence-corrected chi connectivity index (χ2v) is 9.78. The highest BCUT2D eigenvalue weighted by atomic mass is 19.1. The molecule has 1 N–H and O–H groups in total. The number of hydrogen-bond donors (Lipinski definition) is 1. The number of benzene rings is 1. The summed E-state index contributed by atoms with van der Waals surface area (Å²) in [5.41, 5.74) is 3.10. The third kappa shape index (κ3) is 4.10. The Morgan fingerprint density at radius 3 is 2.56 bits per heavy atom. The lowest BCUT2D eigenvalue weighted by molar-refractivity contribution is 0.0982. The van der Waals surface area contributed by atoms with E-state index in [0.29, 0.717) is 33.7 Å². The van der Waals surface area contributed by atoms with Gasteiger partial charge in [-0.2, -0.15) is 5.10 Å². The number of nitrogens with zero attached hydrogens (tertiary/aromatic N) is 6. The van der Waals surface area contributed by atoms with Crippen LogP contribution in [0.25, 0.3) is 27.7 Å².